The third kappa shape index (κ3) is 2.50. The van der Waals surface area contributed by atoms with E-state index >= 15 is 0 Å². The number of hydrogen-bond donors (Lipinski definition) is 1. The Kier molecular flexibility index (Phi) is 4.10. The van der Waals surface area contributed by atoms with Crippen molar-refractivity contribution in [3.8, 4) is 0 Å². The van der Waals surface area contributed by atoms with Gasteiger partial charge in [-0.3, -0.25) is 9.30 Å². The van der Waals surface area contributed by atoms with Gasteiger partial charge in [-0.25, -0.2) is 4.98 Å². The summed E-state index contributed by atoms with van der Waals surface area (Å²) in [5, 5.41) is 5.65. The monoisotopic (exact) mass is 292 g/mol. The summed E-state index contributed by atoms with van der Waals surface area (Å²) in [6.07, 6.45) is 2.32. The van der Waals surface area contributed by atoms with Crippen LogP contribution in [0.5, 0.6) is 0 Å². The third-order valence-electron chi connectivity index (χ3n) is 4.40. The van der Waals surface area contributed by atoms with Gasteiger partial charge < -0.3 is 5.32 Å². The summed E-state index contributed by atoms with van der Waals surface area (Å²) in [6.45, 7) is 11.2. The maximum atomic E-state index is 4.72. The predicted molar refractivity (Wildman–Crippen MR) is 84.8 cm³/mol. The highest BCUT2D eigenvalue weighted by Gasteiger charge is 2.22. The lowest BCUT2D eigenvalue weighted by Crippen LogP contribution is -2.49. The molecule has 1 aliphatic heterocycles. The highest BCUT2D eigenvalue weighted by atomic mass is 32.1. The molecule has 2 aromatic heterocycles. The Hall–Kier alpha value is -0.910. The molecule has 2 aromatic rings. The quantitative estimate of drug-likeness (QED) is 0.938. The molecule has 0 radical (unpaired) electrons. The molecule has 0 aromatic carbocycles. The van der Waals surface area contributed by atoms with Crippen LogP contribution in [-0.2, 0) is 6.42 Å². The van der Waals surface area contributed by atoms with Crippen molar-refractivity contribution in [3.05, 3.63) is 22.5 Å². The van der Waals surface area contributed by atoms with Gasteiger partial charge in [0, 0.05) is 55.4 Å². The average molecular weight is 292 g/mol. The predicted octanol–water partition coefficient (Wildman–Crippen LogP) is 2.24. The SMILES string of the molecule is CCC(Cc1c(C)nc2scc(C)n12)N1CCNCC1. The first-order chi connectivity index (χ1) is 9.70. The van der Waals surface area contributed by atoms with Gasteiger partial charge >= 0.3 is 0 Å². The van der Waals surface area contributed by atoms with Crippen LogP contribution >= 0.6 is 11.3 Å². The lowest BCUT2D eigenvalue weighted by atomic mass is 10.0. The van der Waals surface area contributed by atoms with Gasteiger partial charge in [0.15, 0.2) is 4.96 Å². The van der Waals surface area contributed by atoms with Gasteiger partial charge in [-0.2, -0.15) is 0 Å². The second-order valence-corrected chi connectivity index (χ2v) is 6.53. The first-order valence-corrected chi connectivity index (χ1v) is 8.45. The van der Waals surface area contributed by atoms with Crippen LogP contribution in [0.4, 0.5) is 0 Å². The molecule has 0 bridgehead atoms. The topological polar surface area (TPSA) is 32.6 Å². The number of imidazole rings is 1. The number of hydrogen-bond acceptors (Lipinski definition) is 4. The fourth-order valence-corrected chi connectivity index (χ4v) is 4.14. The van der Waals surface area contributed by atoms with Gasteiger partial charge in [0.05, 0.1) is 5.69 Å². The summed E-state index contributed by atoms with van der Waals surface area (Å²) >= 11 is 1.75. The number of nitrogens with one attached hydrogen (secondary N) is 1. The lowest BCUT2D eigenvalue weighted by molar-refractivity contribution is 0.166. The van der Waals surface area contributed by atoms with E-state index in [0.29, 0.717) is 6.04 Å². The molecular formula is C15H24N4S. The van der Waals surface area contributed by atoms with E-state index in [1.807, 2.05) is 0 Å². The Labute approximate surface area is 124 Å². The molecule has 0 aliphatic carbocycles. The fraction of sp³-hybridized carbons (Fsp3) is 0.667. The van der Waals surface area contributed by atoms with Crippen LogP contribution in [0.1, 0.15) is 30.4 Å². The van der Waals surface area contributed by atoms with Gasteiger partial charge in [0.25, 0.3) is 0 Å². The van der Waals surface area contributed by atoms with E-state index in [0.717, 1.165) is 24.5 Å². The van der Waals surface area contributed by atoms with Gasteiger partial charge in [-0.05, 0) is 20.3 Å². The van der Waals surface area contributed by atoms with E-state index in [-0.39, 0.29) is 0 Å². The van der Waals surface area contributed by atoms with Crippen molar-refractivity contribution in [3.63, 3.8) is 0 Å². The molecular weight excluding hydrogens is 268 g/mol. The molecule has 20 heavy (non-hydrogen) atoms. The first kappa shape index (κ1) is 14.0. The number of aryl methyl sites for hydroxylation is 2. The molecule has 110 valence electrons. The van der Waals surface area contributed by atoms with Crippen molar-refractivity contribution in [1.82, 2.24) is 19.6 Å². The van der Waals surface area contributed by atoms with Gasteiger partial charge in [-0.15, -0.1) is 11.3 Å². The van der Waals surface area contributed by atoms with Crippen molar-refractivity contribution in [2.24, 2.45) is 0 Å². The minimum atomic E-state index is 0.634. The van der Waals surface area contributed by atoms with Crippen LogP contribution in [-0.4, -0.2) is 46.5 Å². The molecule has 3 heterocycles. The molecule has 1 aliphatic rings. The molecule has 5 heteroatoms. The van der Waals surface area contributed by atoms with Gasteiger partial charge in [0.2, 0.25) is 0 Å². The number of fused-ring (bicyclic) bond motifs is 1. The number of nitrogens with zero attached hydrogens (tertiary/aromatic N) is 3. The van der Waals surface area contributed by atoms with Gasteiger partial charge in [-0.1, -0.05) is 6.92 Å². The maximum Gasteiger partial charge on any atom is 0.194 e. The number of rotatable bonds is 4. The molecule has 1 atom stereocenters. The Morgan fingerprint density at radius 1 is 1.35 bits per heavy atom. The Morgan fingerprint density at radius 2 is 2.10 bits per heavy atom. The molecule has 0 amide bonds. The van der Waals surface area contributed by atoms with Crippen molar-refractivity contribution in [2.45, 2.75) is 39.7 Å². The molecule has 0 saturated carbocycles. The number of aromatic nitrogens is 2. The fourth-order valence-electron chi connectivity index (χ4n) is 3.21. The molecule has 4 nitrogen and oxygen atoms in total. The third-order valence-corrected chi connectivity index (χ3v) is 5.34. The number of piperazine rings is 1. The van der Waals surface area contributed by atoms with E-state index in [9.17, 15) is 0 Å². The van der Waals surface area contributed by atoms with Crippen molar-refractivity contribution in [2.75, 3.05) is 26.2 Å². The Bertz CT molecular complexity index is 580. The minimum absolute atomic E-state index is 0.634. The van der Waals surface area contributed by atoms with E-state index < -0.39 is 0 Å². The molecule has 3 rings (SSSR count). The largest absolute Gasteiger partial charge is 0.314 e. The summed E-state index contributed by atoms with van der Waals surface area (Å²) in [4.78, 5) is 8.50. The second-order valence-electron chi connectivity index (χ2n) is 5.69. The van der Waals surface area contributed by atoms with E-state index in [1.54, 1.807) is 11.3 Å². The van der Waals surface area contributed by atoms with Crippen LogP contribution < -0.4 is 5.32 Å². The molecule has 1 unspecified atom stereocenters. The zero-order valence-corrected chi connectivity index (χ0v) is 13.5. The standard InChI is InChI=1S/C15H24N4S/c1-4-13(18-7-5-16-6-8-18)9-14-12(3)17-15-19(14)11(2)10-20-15/h10,13,16H,4-9H2,1-3H3. The molecule has 1 fully saturated rings. The molecule has 0 spiro atoms. The van der Waals surface area contributed by atoms with E-state index in [1.165, 1.54) is 36.6 Å². The van der Waals surface area contributed by atoms with Crippen LogP contribution in [0.2, 0.25) is 0 Å². The normalized spacial score (nSPS) is 18.8. The maximum absolute atomic E-state index is 4.72. The average Bonchev–Trinajstić information content (AvgIpc) is 2.97. The summed E-state index contributed by atoms with van der Waals surface area (Å²) in [5.41, 5.74) is 3.92. The van der Waals surface area contributed by atoms with Crippen molar-refractivity contribution >= 4 is 16.3 Å². The van der Waals surface area contributed by atoms with E-state index in [2.05, 4.69) is 40.8 Å². The van der Waals surface area contributed by atoms with Gasteiger partial charge in [0.1, 0.15) is 0 Å². The van der Waals surface area contributed by atoms with Crippen LogP contribution in [0, 0.1) is 13.8 Å². The molecule has 1 saturated heterocycles. The molecule has 1 N–H and O–H groups in total. The summed E-state index contributed by atoms with van der Waals surface area (Å²) in [5.74, 6) is 0. The highest BCUT2D eigenvalue weighted by molar-refractivity contribution is 7.15. The second kappa shape index (κ2) is 5.84. The summed E-state index contributed by atoms with van der Waals surface area (Å²) < 4.78 is 2.35. The first-order valence-electron chi connectivity index (χ1n) is 7.57. The smallest absolute Gasteiger partial charge is 0.194 e. The van der Waals surface area contributed by atoms with Crippen molar-refractivity contribution in [1.29, 1.82) is 0 Å². The minimum Gasteiger partial charge on any atom is -0.314 e. The summed E-state index contributed by atoms with van der Waals surface area (Å²) in [6, 6.07) is 0.634. The zero-order valence-electron chi connectivity index (χ0n) is 12.6. The van der Waals surface area contributed by atoms with Crippen LogP contribution in [0.3, 0.4) is 0 Å². The Balaban J connectivity index is 1.86. The van der Waals surface area contributed by atoms with Crippen LogP contribution in [0.25, 0.3) is 4.96 Å². The van der Waals surface area contributed by atoms with Crippen molar-refractivity contribution < 1.29 is 0 Å². The zero-order chi connectivity index (χ0) is 14.1. The van der Waals surface area contributed by atoms with E-state index in [4.69, 9.17) is 4.98 Å². The summed E-state index contributed by atoms with van der Waals surface area (Å²) in [7, 11) is 0. The highest BCUT2D eigenvalue weighted by Crippen LogP contribution is 2.23. The number of thiazole rings is 1. The Morgan fingerprint density at radius 3 is 2.80 bits per heavy atom. The van der Waals surface area contributed by atoms with Crippen LogP contribution in [0.15, 0.2) is 5.38 Å². The lowest BCUT2D eigenvalue weighted by Gasteiger charge is -2.34.